The van der Waals surface area contributed by atoms with Crippen molar-refractivity contribution in [2.75, 3.05) is 44.7 Å². The molecule has 2 aliphatic heterocycles. The number of sulfone groups is 1. The lowest BCUT2D eigenvalue weighted by molar-refractivity contribution is -0.140. The van der Waals surface area contributed by atoms with Gasteiger partial charge in [0, 0.05) is 37.7 Å². The smallest absolute Gasteiger partial charge is 0.305 e. The number of piperidine rings is 1. The molecule has 9 heteroatoms. The lowest BCUT2D eigenvalue weighted by atomic mass is 9.58. The van der Waals surface area contributed by atoms with Crippen LogP contribution in [0.3, 0.4) is 0 Å². The van der Waals surface area contributed by atoms with Gasteiger partial charge in [-0.1, -0.05) is 56.0 Å². The summed E-state index contributed by atoms with van der Waals surface area (Å²) in [5.41, 5.74) is 1.68. The number of nitriles is 1. The highest BCUT2D eigenvalue weighted by molar-refractivity contribution is 7.91. The van der Waals surface area contributed by atoms with Crippen LogP contribution in [0.5, 0.6) is 0 Å². The highest BCUT2D eigenvalue weighted by Gasteiger charge is 2.51. The first-order valence-corrected chi connectivity index (χ1v) is 19.3. The predicted molar refractivity (Wildman–Crippen MR) is 188 cm³/mol. The third kappa shape index (κ3) is 7.56. The van der Waals surface area contributed by atoms with E-state index in [0.717, 1.165) is 102 Å². The van der Waals surface area contributed by atoms with Gasteiger partial charge in [0.25, 0.3) is 0 Å². The number of methoxy groups -OCH3 is 1. The number of carbonyl (C=O) groups is 1. The van der Waals surface area contributed by atoms with Crippen molar-refractivity contribution in [3.63, 3.8) is 0 Å². The van der Waals surface area contributed by atoms with Crippen molar-refractivity contribution in [2.45, 2.75) is 73.0 Å². The van der Waals surface area contributed by atoms with E-state index in [1.165, 1.54) is 24.8 Å². The van der Waals surface area contributed by atoms with Crippen molar-refractivity contribution in [3.05, 3.63) is 90.2 Å². The minimum Gasteiger partial charge on any atom is -0.469 e. The molecule has 0 aromatic heterocycles. The summed E-state index contributed by atoms with van der Waals surface area (Å²) >= 11 is 0. The molecule has 0 amide bonds. The lowest BCUT2D eigenvalue weighted by Gasteiger charge is -2.48. The van der Waals surface area contributed by atoms with Gasteiger partial charge in [0.1, 0.15) is 5.82 Å². The molecular formula is C40H48FN3O4S. The fraction of sp³-hybridized carbons (Fsp3) is 0.500. The van der Waals surface area contributed by atoms with E-state index < -0.39 is 21.1 Å². The molecule has 2 saturated heterocycles. The number of hydrogen-bond acceptors (Lipinski definition) is 7. The van der Waals surface area contributed by atoms with Gasteiger partial charge in [-0.3, -0.25) is 4.79 Å². The monoisotopic (exact) mass is 685 g/mol. The van der Waals surface area contributed by atoms with Crippen LogP contribution < -0.4 is 4.90 Å². The van der Waals surface area contributed by atoms with E-state index in [0.29, 0.717) is 30.1 Å². The quantitative estimate of drug-likeness (QED) is 0.105. The summed E-state index contributed by atoms with van der Waals surface area (Å²) < 4.78 is 44.1. The van der Waals surface area contributed by atoms with Gasteiger partial charge in [-0.25, -0.2) is 12.8 Å². The molecule has 3 fully saturated rings. The zero-order chi connectivity index (χ0) is 34.4. The van der Waals surface area contributed by atoms with Crippen LogP contribution in [-0.4, -0.2) is 59.1 Å². The van der Waals surface area contributed by atoms with E-state index in [1.54, 1.807) is 12.1 Å². The van der Waals surface area contributed by atoms with Crippen LogP contribution in [0.25, 0.3) is 0 Å². The number of benzene rings is 3. The second-order valence-electron chi connectivity index (χ2n) is 14.3. The van der Waals surface area contributed by atoms with E-state index >= 15 is 0 Å². The molecule has 7 nitrogen and oxygen atoms in total. The number of halogens is 1. The van der Waals surface area contributed by atoms with E-state index in [4.69, 9.17) is 4.74 Å². The standard InChI is InChI=1S/C40H48FN3O4S/c1-48-39(45)13-6-5-8-31-9-7-12-38(31)40(29-42,32-10-3-2-4-11-32)33-22-24-43(25-23-33)26-30-27-44(28-30)35-16-20-37(21-17-35)49(46,47)36-18-14-34(41)15-19-36/h2-4,10-11,14-21,30-31,33,38H,5-9,12-13,22-28H2,1H3/t31-,38-,40?/m0/s1. The van der Waals surface area contributed by atoms with Gasteiger partial charge < -0.3 is 14.5 Å². The molecule has 1 saturated carbocycles. The zero-order valence-electron chi connectivity index (χ0n) is 28.5. The van der Waals surface area contributed by atoms with Crippen LogP contribution in [0.2, 0.25) is 0 Å². The molecule has 3 atom stereocenters. The Hall–Kier alpha value is -3.74. The Morgan fingerprint density at radius 2 is 1.57 bits per heavy atom. The molecule has 0 radical (unpaired) electrons. The van der Waals surface area contributed by atoms with E-state index in [-0.39, 0.29) is 15.8 Å². The predicted octanol–water partition coefficient (Wildman–Crippen LogP) is 7.42. The molecule has 0 N–H and O–H groups in total. The lowest BCUT2D eigenvalue weighted by Crippen LogP contribution is -2.54. The normalized spacial score (nSPS) is 21.9. The minimum atomic E-state index is -3.70. The van der Waals surface area contributed by atoms with Crippen LogP contribution in [-0.2, 0) is 24.8 Å². The van der Waals surface area contributed by atoms with Gasteiger partial charge in [0.2, 0.25) is 9.84 Å². The molecule has 49 heavy (non-hydrogen) atoms. The number of ether oxygens (including phenoxy) is 1. The number of esters is 1. The Bertz CT molecular complexity index is 1700. The Labute approximate surface area is 291 Å². The number of nitrogens with zero attached hydrogens (tertiary/aromatic N) is 3. The molecule has 2 heterocycles. The third-order valence-electron chi connectivity index (χ3n) is 11.5. The fourth-order valence-electron chi connectivity index (χ4n) is 8.88. The van der Waals surface area contributed by atoms with Gasteiger partial charge in [-0.2, -0.15) is 5.26 Å². The molecule has 260 valence electrons. The number of unbranched alkanes of at least 4 members (excludes halogenated alkanes) is 1. The Morgan fingerprint density at radius 3 is 2.20 bits per heavy atom. The molecule has 1 aliphatic carbocycles. The van der Waals surface area contributed by atoms with Crippen molar-refractivity contribution < 1.29 is 22.3 Å². The first-order valence-electron chi connectivity index (χ1n) is 17.9. The van der Waals surface area contributed by atoms with Gasteiger partial charge in [-0.05, 0) is 111 Å². The van der Waals surface area contributed by atoms with E-state index in [9.17, 15) is 22.9 Å². The maximum absolute atomic E-state index is 13.3. The maximum Gasteiger partial charge on any atom is 0.305 e. The van der Waals surface area contributed by atoms with E-state index in [2.05, 4.69) is 40.1 Å². The minimum absolute atomic E-state index is 0.0840. The van der Waals surface area contributed by atoms with Gasteiger partial charge >= 0.3 is 5.97 Å². The number of carbonyl (C=O) groups excluding carboxylic acids is 1. The summed E-state index contributed by atoms with van der Waals surface area (Å²) in [5, 5.41) is 11.1. The average molecular weight is 686 g/mol. The zero-order valence-corrected chi connectivity index (χ0v) is 29.3. The summed E-state index contributed by atoms with van der Waals surface area (Å²) in [5.74, 6) is 1.05. The van der Waals surface area contributed by atoms with E-state index in [1.807, 2.05) is 18.2 Å². The van der Waals surface area contributed by atoms with Gasteiger partial charge in [0.05, 0.1) is 28.4 Å². The third-order valence-corrected chi connectivity index (χ3v) is 13.2. The SMILES string of the molecule is COC(=O)CCCC[C@H]1CCC[C@@H]1C(C#N)(c1ccccc1)C1CCN(CC2CN(c3ccc(S(=O)(=O)c4ccc(F)cc4)cc3)C2)CC1. The molecule has 3 aromatic carbocycles. The Kier molecular flexibility index (Phi) is 11.1. The number of anilines is 1. The second-order valence-corrected chi connectivity index (χ2v) is 16.2. The summed E-state index contributed by atoms with van der Waals surface area (Å²) in [6.45, 7) is 4.86. The van der Waals surface area contributed by atoms with Crippen molar-refractivity contribution in [1.29, 1.82) is 5.26 Å². The molecular weight excluding hydrogens is 638 g/mol. The average Bonchev–Trinajstić information content (AvgIpc) is 3.58. The van der Waals surface area contributed by atoms with Crippen LogP contribution >= 0.6 is 0 Å². The van der Waals surface area contributed by atoms with Gasteiger partial charge in [-0.15, -0.1) is 0 Å². The Morgan fingerprint density at radius 1 is 0.918 bits per heavy atom. The largest absolute Gasteiger partial charge is 0.469 e. The maximum atomic E-state index is 13.3. The molecule has 1 unspecified atom stereocenters. The van der Waals surface area contributed by atoms with Crippen molar-refractivity contribution in [3.8, 4) is 6.07 Å². The van der Waals surface area contributed by atoms with Crippen LogP contribution in [0, 0.1) is 40.8 Å². The highest BCUT2D eigenvalue weighted by atomic mass is 32.2. The number of likely N-dealkylation sites (tertiary alicyclic amines) is 1. The fourth-order valence-corrected chi connectivity index (χ4v) is 10.1. The van der Waals surface area contributed by atoms with Crippen molar-refractivity contribution in [2.24, 2.45) is 23.7 Å². The molecule has 6 rings (SSSR count). The summed E-state index contributed by atoms with van der Waals surface area (Å²) in [6.07, 6.45) is 8.76. The van der Waals surface area contributed by atoms with Crippen molar-refractivity contribution in [1.82, 2.24) is 4.90 Å². The molecule has 0 spiro atoms. The number of hydrogen-bond donors (Lipinski definition) is 0. The van der Waals surface area contributed by atoms with Crippen LogP contribution in [0.1, 0.15) is 63.4 Å². The molecule has 3 aromatic rings. The summed E-state index contributed by atoms with van der Waals surface area (Å²) in [4.78, 5) is 16.8. The molecule has 0 bridgehead atoms. The van der Waals surface area contributed by atoms with Gasteiger partial charge in [0.15, 0.2) is 0 Å². The Balaban J connectivity index is 1.04. The number of rotatable bonds is 13. The van der Waals surface area contributed by atoms with Crippen molar-refractivity contribution >= 4 is 21.5 Å². The summed E-state index contributed by atoms with van der Waals surface area (Å²) in [7, 11) is -2.25. The van der Waals surface area contributed by atoms with Crippen LogP contribution in [0.15, 0.2) is 88.7 Å². The second kappa shape index (κ2) is 15.4. The highest BCUT2D eigenvalue weighted by Crippen LogP contribution is 2.53. The topological polar surface area (TPSA) is 90.7 Å². The first kappa shape index (κ1) is 35.1. The first-order chi connectivity index (χ1) is 23.7. The molecule has 3 aliphatic rings. The summed E-state index contributed by atoms with van der Waals surface area (Å²) in [6, 6.07) is 25.4. The van der Waals surface area contributed by atoms with Crippen LogP contribution in [0.4, 0.5) is 10.1 Å².